The van der Waals surface area contributed by atoms with Gasteiger partial charge in [0.15, 0.2) is 0 Å². The van der Waals surface area contributed by atoms with E-state index in [2.05, 4.69) is 16.3 Å². The van der Waals surface area contributed by atoms with Gasteiger partial charge >= 0.3 is 6.03 Å². The first-order chi connectivity index (χ1) is 12.6. The molecule has 1 fully saturated rings. The van der Waals surface area contributed by atoms with E-state index >= 15 is 0 Å². The second-order valence-electron chi connectivity index (χ2n) is 5.91. The number of carbonyl (C=O) groups excluding carboxylic acids is 1. The van der Waals surface area contributed by atoms with Gasteiger partial charge in [0, 0.05) is 36.9 Å². The zero-order valence-corrected chi connectivity index (χ0v) is 15.2. The van der Waals surface area contributed by atoms with Crippen molar-refractivity contribution in [3.8, 4) is 11.8 Å². The molecule has 2 aromatic rings. The maximum Gasteiger partial charge on any atom is 0.321 e. The normalized spacial score (nSPS) is 13.9. The molecule has 3 rings (SSSR count). The summed E-state index contributed by atoms with van der Waals surface area (Å²) in [5, 5.41) is 12.3. The SMILES string of the molecule is COc1ccc(Cl)cc1N1CCN(C(=O)Nc2ccc(C#N)cc2)CC1. The summed E-state index contributed by atoms with van der Waals surface area (Å²) in [7, 11) is 1.63. The Morgan fingerprint density at radius 3 is 2.46 bits per heavy atom. The molecule has 1 saturated heterocycles. The van der Waals surface area contributed by atoms with E-state index < -0.39 is 0 Å². The van der Waals surface area contributed by atoms with Gasteiger partial charge < -0.3 is 19.9 Å². The van der Waals surface area contributed by atoms with Crippen molar-refractivity contribution in [2.45, 2.75) is 0 Å². The number of amides is 2. The van der Waals surface area contributed by atoms with Gasteiger partial charge in [0.1, 0.15) is 5.75 Å². The van der Waals surface area contributed by atoms with Crippen LogP contribution in [0.15, 0.2) is 42.5 Å². The van der Waals surface area contributed by atoms with Gasteiger partial charge in [0.05, 0.1) is 24.4 Å². The third kappa shape index (κ3) is 4.01. The molecule has 134 valence electrons. The third-order valence-corrected chi connectivity index (χ3v) is 4.55. The van der Waals surface area contributed by atoms with E-state index in [9.17, 15) is 4.79 Å². The summed E-state index contributed by atoms with van der Waals surface area (Å²) in [6.07, 6.45) is 0. The number of urea groups is 1. The number of methoxy groups -OCH3 is 1. The number of ether oxygens (including phenoxy) is 1. The van der Waals surface area contributed by atoms with Crippen molar-refractivity contribution in [3.63, 3.8) is 0 Å². The van der Waals surface area contributed by atoms with Crippen LogP contribution in [0.1, 0.15) is 5.56 Å². The second kappa shape index (κ2) is 7.98. The molecule has 1 aliphatic heterocycles. The lowest BCUT2D eigenvalue weighted by Gasteiger charge is -2.36. The van der Waals surface area contributed by atoms with E-state index in [0.29, 0.717) is 42.5 Å². The van der Waals surface area contributed by atoms with Crippen LogP contribution in [-0.4, -0.2) is 44.2 Å². The van der Waals surface area contributed by atoms with Crippen LogP contribution in [0.3, 0.4) is 0 Å². The Kier molecular flexibility index (Phi) is 5.49. The number of hydrogen-bond donors (Lipinski definition) is 1. The van der Waals surface area contributed by atoms with Gasteiger partial charge in [0.2, 0.25) is 0 Å². The number of benzene rings is 2. The molecule has 26 heavy (non-hydrogen) atoms. The van der Waals surface area contributed by atoms with Gasteiger partial charge in [-0.05, 0) is 42.5 Å². The fourth-order valence-corrected chi connectivity index (χ4v) is 3.06. The lowest BCUT2D eigenvalue weighted by molar-refractivity contribution is 0.208. The van der Waals surface area contributed by atoms with E-state index in [1.165, 1.54) is 0 Å². The summed E-state index contributed by atoms with van der Waals surface area (Å²) in [5.41, 5.74) is 2.17. The lowest BCUT2D eigenvalue weighted by Crippen LogP contribution is -2.50. The predicted octanol–water partition coefficient (Wildman–Crippen LogP) is 3.57. The first kappa shape index (κ1) is 17.9. The van der Waals surface area contributed by atoms with Crippen LogP contribution in [0.4, 0.5) is 16.2 Å². The highest BCUT2D eigenvalue weighted by Crippen LogP contribution is 2.31. The van der Waals surface area contributed by atoms with E-state index in [-0.39, 0.29) is 6.03 Å². The first-order valence-corrected chi connectivity index (χ1v) is 8.63. The minimum absolute atomic E-state index is 0.146. The fraction of sp³-hybridized carbons (Fsp3) is 0.263. The molecule has 0 spiro atoms. The predicted molar refractivity (Wildman–Crippen MR) is 102 cm³/mol. The Morgan fingerprint density at radius 2 is 1.85 bits per heavy atom. The quantitative estimate of drug-likeness (QED) is 0.896. The summed E-state index contributed by atoms with van der Waals surface area (Å²) in [4.78, 5) is 16.4. The van der Waals surface area contributed by atoms with Crippen LogP contribution in [0.2, 0.25) is 5.02 Å². The van der Waals surface area contributed by atoms with Gasteiger partial charge in [-0.2, -0.15) is 5.26 Å². The molecule has 1 N–H and O–H groups in total. The average Bonchev–Trinajstić information content (AvgIpc) is 2.68. The zero-order valence-electron chi connectivity index (χ0n) is 14.4. The van der Waals surface area contributed by atoms with Gasteiger partial charge in [-0.25, -0.2) is 4.79 Å². The standard InChI is InChI=1S/C19H19ClN4O2/c1-26-18-7-4-15(20)12-17(18)23-8-10-24(11-9-23)19(25)22-16-5-2-14(13-21)3-6-16/h2-7,12H,8-11H2,1H3,(H,22,25). The van der Waals surface area contributed by atoms with E-state index in [0.717, 1.165) is 11.4 Å². The monoisotopic (exact) mass is 370 g/mol. The van der Waals surface area contributed by atoms with Crippen LogP contribution < -0.4 is 15.0 Å². The molecule has 0 aliphatic carbocycles. The molecule has 7 heteroatoms. The van der Waals surface area contributed by atoms with Crippen LogP contribution in [0.5, 0.6) is 5.75 Å². The van der Waals surface area contributed by atoms with Crippen molar-refractivity contribution < 1.29 is 9.53 Å². The Labute approximate surface area is 157 Å². The van der Waals surface area contributed by atoms with Gasteiger partial charge in [0.25, 0.3) is 0 Å². The summed E-state index contributed by atoms with van der Waals surface area (Å²) in [6.45, 7) is 2.57. The molecule has 1 aliphatic rings. The molecule has 1 heterocycles. The largest absolute Gasteiger partial charge is 0.495 e. The van der Waals surface area contributed by atoms with Crippen molar-refractivity contribution in [1.82, 2.24) is 4.90 Å². The first-order valence-electron chi connectivity index (χ1n) is 8.25. The smallest absolute Gasteiger partial charge is 0.321 e. The molecular formula is C19H19ClN4O2. The van der Waals surface area contributed by atoms with Crippen molar-refractivity contribution in [3.05, 3.63) is 53.1 Å². The third-order valence-electron chi connectivity index (χ3n) is 4.31. The van der Waals surface area contributed by atoms with E-state index in [4.69, 9.17) is 21.6 Å². The highest BCUT2D eigenvalue weighted by atomic mass is 35.5. The molecule has 6 nitrogen and oxygen atoms in total. The number of hydrogen-bond acceptors (Lipinski definition) is 4. The number of nitrogens with one attached hydrogen (secondary N) is 1. The van der Waals surface area contributed by atoms with Gasteiger partial charge in [-0.1, -0.05) is 11.6 Å². The fourth-order valence-electron chi connectivity index (χ4n) is 2.89. The maximum atomic E-state index is 12.4. The molecule has 2 aromatic carbocycles. The number of nitrogens with zero attached hydrogens (tertiary/aromatic N) is 3. The molecule has 0 unspecified atom stereocenters. The topological polar surface area (TPSA) is 68.6 Å². The number of piperazine rings is 1. The Bertz CT molecular complexity index is 824. The van der Waals surface area contributed by atoms with Crippen molar-refractivity contribution in [1.29, 1.82) is 5.26 Å². The maximum absolute atomic E-state index is 12.4. The Balaban J connectivity index is 1.60. The van der Waals surface area contributed by atoms with Gasteiger partial charge in [-0.3, -0.25) is 0 Å². The number of halogens is 1. The highest BCUT2D eigenvalue weighted by Gasteiger charge is 2.23. The number of rotatable bonds is 3. The average molecular weight is 371 g/mol. The van der Waals surface area contributed by atoms with E-state index in [1.807, 2.05) is 12.1 Å². The van der Waals surface area contributed by atoms with Crippen LogP contribution in [0, 0.1) is 11.3 Å². The Hall–Kier alpha value is -2.91. The van der Waals surface area contributed by atoms with Gasteiger partial charge in [-0.15, -0.1) is 0 Å². The summed E-state index contributed by atoms with van der Waals surface area (Å²) in [6, 6.07) is 14.2. The molecular weight excluding hydrogens is 352 g/mol. The molecule has 2 amide bonds. The number of nitriles is 1. The minimum Gasteiger partial charge on any atom is -0.495 e. The molecule has 0 atom stereocenters. The van der Waals surface area contributed by atoms with Crippen LogP contribution in [-0.2, 0) is 0 Å². The van der Waals surface area contributed by atoms with E-state index in [1.54, 1.807) is 42.3 Å². The number of carbonyl (C=O) groups is 1. The summed E-state index contributed by atoms with van der Waals surface area (Å²) >= 11 is 6.11. The molecule has 0 aromatic heterocycles. The minimum atomic E-state index is -0.146. The summed E-state index contributed by atoms with van der Waals surface area (Å²) in [5.74, 6) is 0.768. The molecule has 0 saturated carbocycles. The zero-order chi connectivity index (χ0) is 18.5. The molecule has 0 bridgehead atoms. The second-order valence-corrected chi connectivity index (χ2v) is 6.35. The van der Waals surface area contributed by atoms with Crippen molar-refractivity contribution in [2.75, 3.05) is 43.5 Å². The number of anilines is 2. The van der Waals surface area contributed by atoms with Crippen LogP contribution >= 0.6 is 11.6 Å². The summed E-state index contributed by atoms with van der Waals surface area (Å²) < 4.78 is 5.41. The lowest BCUT2D eigenvalue weighted by atomic mass is 10.2. The Morgan fingerprint density at radius 1 is 1.15 bits per heavy atom. The van der Waals surface area contributed by atoms with Crippen molar-refractivity contribution >= 4 is 29.0 Å². The van der Waals surface area contributed by atoms with Crippen LogP contribution in [0.25, 0.3) is 0 Å². The molecule has 0 radical (unpaired) electrons. The highest BCUT2D eigenvalue weighted by molar-refractivity contribution is 6.30. The van der Waals surface area contributed by atoms with Crippen molar-refractivity contribution in [2.24, 2.45) is 0 Å².